The van der Waals surface area contributed by atoms with Crippen LogP contribution in [0.5, 0.6) is 5.75 Å². The van der Waals surface area contributed by atoms with Crippen LogP contribution < -0.4 is 10.1 Å². The monoisotopic (exact) mass is 289 g/mol. The molecule has 0 aliphatic rings. The van der Waals surface area contributed by atoms with Crippen LogP contribution in [0.15, 0.2) is 36.4 Å². The summed E-state index contributed by atoms with van der Waals surface area (Å²) >= 11 is 0. The summed E-state index contributed by atoms with van der Waals surface area (Å²) in [6, 6.07) is 7.48. The van der Waals surface area contributed by atoms with Crippen molar-refractivity contribution in [1.82, 2.24) is 0 Å². The van der Waals surface area contributed by atoms with E-state index in [4.69, 9.17) is 4.74 Å². The molecule has 0 radical (unpaired) electrons. The average Bonchev–Trinajstić information content (AvgIpc) is 2.51. The van der Waals surface area contributed by atoms with E-state index in [1.165, 1.54) is 0 Å². The Morgan fingerprint density at radius 3 is 2.86 bits per heavy atom. The smallest absolute Gasteiger partial charge is 0.227 e. The lowest BCUT2D eigenvalue weighted by Gasteiger charge is -2.15. The second-order valence-corrected chi connectivity index (χ2v) is 5.18. The van der Waals surface area contributed by atoms with Crippen molar-refractivity contribution in [3.63, 3.8) is 0 Å². The zero-order chi connectivity index (χ0) is 15.5. The van der Waals surface area contributed by atoms with E-state index in [2.05, 4.69) is 24.4 Å². The van der Waals surface area contributed by atoms with E-state index in [-0.39, 0.29) is 11.8 Å². The SMILES string of the molecule is C/C=C/CCCCC(CC)C(=O)Nc1cccc(OC)c1. The molecule has 1 amide bonds. The molecule has 0 spiro atoms. The first kappa shape index (κ1) is 17.3. The summed E-state index contributed by atoms with van der Waals surface area (Å²) in [6.45, 7) is 4.11. The third-order valence-electron chi connectivity index (χ3n) is 3.61. The van der Waals surface area contributed by atoms with E-state index in [9.17, 15) is 4.79 Å². The molecule has 0 aromatic heterocycles. The van der Waals surface area contributed by atoms with E-state index < -0.39 is 0 Å². The van der Waals surface area contributed by atoms with Gasteiger partial charge in [0, 0.05) is 17.7 Å². The highest BCUT2D eigenvalue weighted by Gasteiger charge is 2.16. The van der Waals surface area contributed by atoms with Crippen LogP contribution in [0.3, 0.4) is 0 Å². The van der Waals surface area contributed by atoms with Gasteiger partial charge in [-0.1, -0.05) is 31.6 Å². The molecule has 0 saturated carbocycles. The van der Waals surface area contributed by atoms with Gasteiger partial charge in [0.15, 0.2) is 0 Å². The van der Waals surface area contributed by atoms with Crippen molar-refractivity contribution in [1.29, 1.82) is 0 Å². The molecule has 0 saturated heterocycles. The van der Waals surface area contributed by atoms with Crippen LogP contribution in [-0.2, 0) is 4.79 Å². The van der Waals surface area contributed by atoms with Crippen LogP contribution in [0.2, 0.25) is 0 Å². The summed E-state index contributed by atoms with van der Waals surface area (Å²) in [4.78, 5) is 12.3. The molecule has 1 atom stereocenters. The first-order chi connectivity index (χ1) is 10.2. The Kier molecular flexibility index (Phi) is 8.25. The number of hydrogen-bond acceptors (Lipinski definition) is 2. The summed E-state index contributed by atoms with van der Waals surface area (Å²) in [5, 5.41) is 2.99. The third kappa shape index (κ3) is 6.48. The van der Waals surface area contributed by atoms with Gasteiger partial charge in [-0.3, -0.25) is 4.79 Å². The highest BCUT2D eigenvalue weighted by Crippen LogP contribution is 2.20. The van der Waals surface area contributed by atoms with Crippen LogP contribution in [0.4, 0.5) is 5.69 Å². The number of unbranched alkanes of at least 4 members (excludes halogenated alkanes) is 2. The topological polar surface area (TPSA) is 38.3 Å². The number of carbonyl (C=O) groups is 1. The maximum absolute atomic E-state index is 12.3. The molecule has 0 fully saturated rings. The summed E-state index contributed by atoms with van der Waals surface area (Å²) < 4.78 is 5.17. The number of benzene rings is 1. The highest BCUT2D eigenvalue weighted by molar-refractivity contribution is 5.92. The minimum Gasteiger partial charge on any atom is -0.497 e. The fourth-order valence-electron chi connectivity index (χ4n) is 2.29. The van der Waals surface area contributed by atoms with Crippen LogP contribution in [0, 0.1) is 5.92 Å². The minimum atomic E-state index is 0.0850. The fraction of sp³-hybridized carbons (Fsp3) is 0.500. The molecule has 1 aromatic rings. The number of amides is 1. The maximum Gasteiger partial charge on any atom is 0.227 e. The van der Waals surface area contributed by atoms with Gasteiger partial charge in [-0.2, -0.15) is 0 Å². The molecule has 0 aliphatic heterocycles. The molecule has 1 unspecified atom stereocenters. The fourth-order valence-corrected chi connectivity index (χ4v) is 2.29. The van der Waals surface area contributed by atoms with Gasteiger partial charge in [0.2, 0.25) is 5.91 Å². The number of hydrogen-bond donors (Lipinski definition) is 1. The predicted molar refractivity (Wildman–Crippen MR) is 88.7 cm³/mol. The van der Waals surface area contributed by atoms with Crippen molar-refractivity contribution in [2.24, 2.45) is 5.92 Å². The lowest BCUT2D eigenvalue weighted by molar-refractivity contribution is -0.120. The van der Waals surface area contributed by atoms with Crippen molar-refractivity contribution in [2.45, 2.75) is 46.0 Å². The van der Waals surface area contributed by atoms with Gasteiger partial charge in [-0.25, -0.2) is 0 Å². The second kappa shape index (κ2) is 10.0. The molecule has 3 heteroatoms. The molecule has 1 rings (SSSR count). The second-order valence-electron chi connectivity index (χ2n) is 5.18. The van der Waals surface area contributed by atoms with Crippen LogP contribution >= 0.6 is 0 Å². The molecular weight excluding hydrogens is 262 g/mol. The first-order valence-electron chi connectivity index (χ1n) is 7.77. The highest BCUT2D eigenvalue weighted by atomic mass is 16.5. The van der Waals surface area contributed by atoms with Gasteiger partial charge in [0.05, 0.1) is 7.11 Å². The standard InChI is InChI=1S/C18H27NO2/c1-4-6-7-8-9-11-15(5-2)18(20)19-16-12-10-13-17(14-16)21-3/h4,6,10,12-15H,5,7-9,11H2,1-3H3,(H,19,20)/b6-4+. The molecule has 0 heterocycles. The Balaban J connectivity index is 2.46. The van der Waals surface area contributed by atoms with Crippen molar-refractivity contribution in [3.05, 3.63) is 36.4 Å². The predicted octanol–water partition coefficient (Wildman–Crippen LogP) is 4.80. The first-order valence-corrected chi connectivity index (χ1v) is 7.77. The third-order valence-corrected chi connectivity index (χ3v) is 3.61. The Labute approximate surface area is 128 Å². The van der Waals surface area contributed by atoms with Gasteiger partial charge in [-0.05, 0) is 44.7 Å². The van der Waals surface area contributed by atoms with Crippen molar-refractivity contribution < 1.29 is 9.53 Å². The zero-order valence-corrected chi connectivity index (χ0v) is 13.4. The Morgan fingerprint density at radius 2 is 2.19 bits per heavy atom. The van der Waals surface area contributed by atoms with Gasteiger partial charge in [0.1, 0.15) is 5.75 Å². The van der Waals surface area contributed by atoms with Crippen LogP contribution in [0.1, 0.15) is 46.0 Å². The number of methoxy groups -OCH3 is 1. The van der Waals surface area contributed by atoms with Crippen molar-refractivity contribution in [3.8, 4) is 5.75 Å². The molecule has 1 aromatic carbocycles. The minimum absolute atomic E-state index is 0.0850. The van der Waals surface area contributed by atoms with Crippen molar-refractivity contribution >= 4 is 11.6 Å². The van der Waals surface area contributed by atoms with E-state index in [0.29, 0.717) is 0 Å². The zero-order valence-electron chi connectivity index (χ0n) is 13.4. The van der Waals surface area contributed by atoms with E-state index >= 15 is 0 Å². The number of rotatable bonds is 9. The lowest BCUT2D eigenvalue weighted by Crippen LogP contribution is -2.22. The number of anilines is 1. The summed E-state index contributed by atoms with van der Waals surface area (Å²) in [6.07, 6.45) is 9.42. The Hall–Kier alpha value is -1.77. The van der Waals surface area contributed by atoms with Gasteiger partial charge >= 0.3 is 0 Å². The number of ether oxygens (including phenoxy) is 1. The average molecular weight is 289 g/mol. The van der Waals surface area contributed by atoms with E-state index in [0.717, 1.165) is 43.5 Å². The van der Waals surface area contributed by atoms with Gasteiger partial charge in [0.25, 0.3) is 0 Å². The molecule has 3 nitrogen and oxygen atoms in total. The molecule has 0 bridgehead atoms. The van der Waals surface area contributed by atoms with Crippen molar-refractivity contribution in [2.75, 3.05) is 12.4 Å². The summed E-state index contributed by atoms with van der Waals surface area (Å²) in [5.74, 6) is 0.950. The molecular formula is C18H27NO2. The quantitative estimate of drug-likeness (QED) is 0.524. The number of allylic oxidation sites excluding steroid dienone is 2. The van der Waals surface area contributed by atoms with Gasteiger partial charge in [-0.15, -0.1) is 0 Å². The Bertz CT molecular complexity index is 454. The number of nitrogens with one attached hydrogen (secondary N) is 1. The molecule has 0 aliphatic carbocycles. The maximum atomic E-state index is 12.3. The summed E-state index contributed by atoms with van der Waals surface area (Å²) in [5.41, 5.74) is 0.798. The Morgan fingerprint density at radius 1 is 1.38 bits per heavy atom. The normalized spacial score (nSPS) is 12.3. The largest absolute Gasteiger partial charge is 0.497 e. The summed E-state index contributed by atoms with van der Waals surface area (Å²) in [7, 11) is 1.63. The molecule has 1 N–H and O–H groups in total. The van der Waals surface area contributed by atoms with Crippen LogP contribution in [-0.4, -0.2) is 13.0 Å². The van der Waals surface area contributed by atoms with E-state index in [1.807, 2.05) is 31.2 Å². The molecule has 21 heavy (non-hydrogen) atoms. The molecule has 116 valence electrons. The number of carbonyl (C=O) groups excluding carboxylic acids is 1. The lowest BCUT2D eigenvalue weighted by atomic mass is 9.97. The van der Waals surface area contributed by atoms with Gasteiger partial charge < -0.3 is 10.1 Å². The van der Waals surface area contributed by atoms with Crippen LogP contribution in [0.25, 0.3) is 0 Å². The van der Waals surface area contributed by atoms with E-state index in [1.54, 1.807) is 7.11 Å².